The van der Waals surface area contributed by atoms with Crippen LogP contribution in [0.3, 0.4) is 0 Å². The molecule has 22 heavy (non-hydrogen) atoms. The van der Waals surface area contributed by atoms with E-state index in [1.54, 1.807) is 0 Å². The fourth-order valence-corrected chi connectivity index (χ4v) is 1.97. The van der Waals surface area contributed by atoms with Gasteiger partial charge < -0.3 is 10.0 Å². The van der Waals surface area contributed by atoms with Crippen LogP contribution in [0.4, 0.5) is 0 Å². The Labute approximate surface area is 144 Å². The lowest BCUT2D eigenvalue weighted by Gasteiger charge is -2.42. The first kappa shape index (κ1) is 33.5. The van der Waals surface area contributed by atoms with Gasteiger partial charge in [-0.25, -0.2) is 0 Å². The van der Waals surface area contributed by atoms with Crippen LogP contribution >= 0.6 is 0 Å². The van der Waals surface area contributed by atoms with Crippen molar-refractivity contribution in [2.24, 2.45) is 0 Å². The van der Waals surface area contributed by atoms with E-state index in [9.17, 15) is 0 Å². The van der Waals surface area contributed by atoms with E-state index in [1.165, 1.54) is 26.1 Å². The van der Waals surface area contributed by atoms with E-state index < -0.39 is 0 Å². The zero-order valence-corrected chi connectivity index (χ0v) is 18.3. The molecule has 0 spiro atoms. The highest BCUT2D eigenvalue weighted by molar-refractivity contribution is 4.82. The van der Waals surface area contributed by atoms with Crippen LogP contribution in [0.25, 0.3) is 0 Å². The molecule has 1 fully saturated rings. The van der Waals surface area contributed by atoms with Crippen LogP contribution in [0.1, 0.15) is 82.6 Å². The average Bonchev–Trinajstić information content (AvgIpc) is 2.62. The molecule has 1 saturated heterocycles. The molecule has 2 atom stereocenters. The van der Waals surface area contributed by atoms with E-state index in [0.717, 1.165) is 19.2 Å². The van der Waals surface area contributed by atoms with Gasteiger partial charge >= 0.3 is 0 Å². The van der Waals surface area contributed by atoms with Crippen molar-refractivity contribution < 1.29 is 5.11 Å². The van der Waals surface area contributed by atoms with Crippen LogP contribution in [0, 0.1) is 0 Å². The lowest BCUT2D eigenvalue weighted by Crippen LogP contribution is -2.54. The van der Waals surface area contributed by atoms with Crippen molar-refractivity contribution in [1.82, 2.24) is 9.80 Å². The summed E-state index contributed by atoms with van der Waals surface area (Å²) in [5.74, 6) is 0. The van der Waals surface area contributed by atoms with Gasteiger partial charge in [0.05, 0.1) is 0 Å². The van der Waals surface area contributed by atoms with Crippen molar-refractivity contribution in [1.29, 1.82) is 0 Å². The quantitative estimate of drug-likeness (QED) is 0.763. The Morgan fingerprint density at radius 3 is 1.45 bits per heavy atom. The zero-order chi connectivity index (χ0) is 19.1. The standard InChI is InChI=1S/C10H22N2.4C2H6.CH4O/c1-5-6-12-8-9(2)11(4)7-10(12)3;5*1-2/h9-10H,5-8H2,1-4H3;4*1-2H3;2H,1H3. The van der Waals surface area contributed by atoms with Crippen LogP contribution < -0.4 is 0 Å². The minimum Gasteiger partial charge on any atom is -0.400 e. The van der Waals surface area contributed by atoms with E-state index in [0.29, 0.717) is 0 Å². The van der Waals surface area contributed by atoms with Crippen molar-refractivity contribution >= 4 is 0 Å². The van der Waals surface area contributed by atoms with Crippen LogP contribution in [-0.2, 0) is 0 Å². The van der Waals surface area contributed by atoms with Gasteiger partial charge in [-0.2, -0.15) is 0 Å². The highest BCUT2D eigenvalue weighted by atomic mass is 16.2. The molecule has 0 amide bonds. The number of likely N-dealkylation sites (N-methyl/N-ethyl adjacent to an activating group) is 1. The molecule has 0 bridgehead atoms. The predicted octanol–water partition coefficient (Wildman–Crippen LogP) is 5.13. The van der Waals surface area contributed by atoms with Crippen molar-refractivity contribution in [3.05, 3.63) is 0 Å². The lowest BCUT2D eigenvalue weighted by atomic mass is 10.1. The molecular weight excluding hydrogens is 272 g/mol. The molecule has 3 heteroatoms. The van der Waals surface area contributed by atoms with Crippen LogP contribution in [-0.4, -0.2) is 60.8 Å². The molecular formula is C19H50N2O. The van der Waals surface area contributed by atoms with E-state index in [-0.39, 0.29) is 0 Å². The first-order valence-electron chi connectivity index (χ1n) is 9.54. The fraction of sp³-hybridized carbons (Fsp3) is 1.00. The monoisotopic (exact) mass is 322 g/mol. The average molecular weight is 323 g/mol. The molecule has 2 unspecified atom stereocenters. The number of hydrogen-bond acceptors (Lipinski definition) is 3. The topological polar surface area (TPSA) is 26.7 Å². The van der Waals surface area contributed by atoms with E-state index in [2.05, 4.69) is 37.6 Å². The van der Waals surface area contributed by atoms with Crippen LogP contribution in [0.2, 0.25) is 0 Å². The molecule has 0 saturated carbocycles. The third-order valence-corrected chi connectivity index (χ3v) is 2.94. The second-order valence-corrected chi connectivity index (χ2v) is 4.13. The summed E-state index contributed by atoms with van der Waals surface area (Å²) in [6.07, 6.45) is 1.28. The van der Waals surface area contributed by atoms with Crippen molar-refractivity contribution in [2.45, 2.75) is 94.7 Å². The first-order valence-corrected chi connectivity index (χ1v) is 9.54. The number of aliphatic hydroxyl groups excluding tert-OH is 1. The molecule has 0 aromatic heterocycles. The maximum Gasteiger partial charge on any atom is 0.0319 e. The summed E-state index contributed by atoms with van der Waals surface area (Å²) in [6.45, 7) is 26.6. The smallest absolute Gasteiger partial charge is 0.0319 e. The maximum absolute atomic E-state index is 7.00. The summed E-state index contributed by atoms with van der Waals surface area (Å²) in [4.78, 5) is 5.06. The predicted molar refractivity (Wildman–Crippen MR) is 107 cm³/mol. The number of aliphatic hydroxyl groups is 1. The van der Waals surface area contributed by atoms with Gasteiger partial charge in [0.25, 0.3) is 0 Å². The van der Waals surface area contributed by atoms with E-state index in [1.807, 2.05) is 55.4 Å². The van der Waals surface area contributed by atoms with Gasteiger partial charge in [0.2, 0.25) is 0 Å². The molecule has 0 aromatic carbocycles. The largest absolute Gasteiger partial charge is 0.400 e. The summed E-state index contributed by atoms with van der Waals surface area (Å²) >= 11 is 0. The van der Waals surface area contributed by atoms with Gasteiger partial charge in [0.15, 0.2) is 0 Å². The summed E-state index contributed by atoms with van der Waals surface area (Å²) in [5.41, 5.74) is 0. The Kier molecular flexibility index (Phi) is 49.8. The van der Waals surface area contributed by atoms with E-state index >= 15 is 0 Å². The molecule has 3 nitrogen and oxygen atoms in total. The van der Waals surface area contributed by atoms with E-state index in [4.69, 9.17) is 5.11 Å². The van der Waals surface area contributed by atoms with Gasteiger partial charge in [-0.1, -0.05) is 62.3 Å². The Balaban J connectivity index is -0.0000000822. The molecule has 142 valence electrons. The number of hydrogen-bond donors (Lipinski definition) is 1. The summed E-state index contributed by atoms with van der Waals surface area (Å²) < 4.78 is 0. The zero-order valence-electron chi connectivity index (χ0n) is 18.3. The second-order valence-electron chi connectivity index (χ2n) is 4.13. The van der Waals surface area contributed by atoms with Crippen molar-refractivity contribution in [3.8, 4) is 0 Å². The van der Waals surface area contributed by atoms with Gasteiger partial charge in [-0.3, -0.25) is 4.90 Å². The highest BCUT2D eigenvalue weighted by Crippen LogP contribution is 2.12. The first-order chi connectivity index (χ1) is 10.6. The second kappa shape index (κ2) is 32.7. The fourth-order valence-electron chi connectivity index (χ4n) is 1.97. The van der Waals surface area contributed by atoms with Crippen molar-refractivity contribution in [3.63, 3.8) is 0 Å². The SMILES string of the molecule is CC.CC.CC.CC.CCCN1CC(C)N(C)CC1C.CO. The van der Waals surface area contributed by atoms with Crippen LogP contribution in [0.15, 0.2) is 0 Å². The minimum absolute atomic E-state index is 0.729. The third kappa shape index (κ3) is 19.9. The highest BCUT2D eigenvalue weighted by Gasteiger charge is 2.25. The number of rotatable bonds is 2. The molecule has 1 heterocycles. The minimum atomic E-state index is 0.729. The Bertz CT molecular complexity index is 143. The van der Waals surface area contributed by atoms with Crippen molar-refractivity contribution in [2.75, 3.05) is 33.8 Å². The summed E-state index contributed by atoms with van der Waals surface area (Å²) in [5, 5.41) is 7.00. The third-order valence-electron chi connectivity index (χ3n) is 2.94. The Hall–Kier alpha value is -0.120. The lowest BCUT2D eigenvalue weighted by molar-refractivity contribution is 0.0603. The van der Waals surface area contributed by atoms with Gasteiger partial charge in [0, 0.05) is 32.3 Å². The normalized spacial score (nSPS) is 19.9. The van der Waals surface area contributed by atoms with Gasteiger partial charge in [0.1, 0.15) is 0 Å². The number of piperazine rings is 1. The molecule has 0 aromatic rings. The number of nitrogens with zero attached hydrogens (tertiary/aromatic N) is 2. The Morgan fingerprint density at radius 1 is 0.773 bits per heavy atom. The Morgan fingerprint density at radius 2 is 1.14 bits per heavy atom. The molecule has 1 aliphatic rings. The van der Waals surface area contributed by atoms with Crippen LogP contribution in [0.5, 0.6) is 0 Å². The maximum atomic E-state index is 7.00. The summed E-state index contributed by atoms with van der Waals surface area (Å²) in [7, 11) is 3.23. The molecule has 0 radical (unpaired) electrons. The van der Waals surface area contributed by atoms with Gasteiger partial charge in [-0.05, 0) is 33.9 Å². The molecule has 1 aliphatic heterocycles. The molecule has 1 rings (SSSR count). The van der Waals surface area contributed by atoms with Gasteiger partial charge in [-0.15, -0.1) is 0 Å². The summed E-state index contributed by atoms with van der Waals surface area (Å²) in [6, 6.07) is 1.47. The molecule has 1 N–H and O–H groups in total. The molecule has 0 aliphatic carbocycles.